The fourth-order valence-electron chi connectivity index (χ4n) is 3.30. The molecule has 27 heavy (non-hydrogen) atoms. The molecule has 0 fully saturated rings. The highest BCUT2D eigenvalue weighted by Crippen LogP contribution is 2.32. The maximum absolute atomic E-state index is 12.3. The van der Waals surface area contributed by atoms with Crippen molar-refractivity contribution in [3.8, 4) is 0 Å². The second-order valence-electron chi connectivity index (χ2n) is 7.16. The van der Waals surface area contributed by atoms with Crippen LogP contribution in [0.15, 0.2) is 65.8 Å². The highest BCUT2D eigenvalue weighted by molar-refractivity contribution is 7.99. The van der Waals surface area contributed by atoms with Gasteiger partial charge in [0.15, 0.2) is 0 Å². The minimum Gasteiger partial charge on any atom is -0.300 e. The average molecular weight is 381 g/mol. The number of hydrazone groups is 1. The summed E-state index contributed by atoms with van der Waals surface area (Å²) in [4.78, 5) is 12.3. The van der Waals surface area contributed by atoms with Crippen LogP contribution in [-0.4, -0.2) is 34.1 Å². The molecule has 0 N–H and O–H groups in total. The molecule has 142 valence electrons. The molecule has 0 aliphatic carbocycles. The molecule has 2 aromatic carbocycles. The zero-order valence-electron chi connectivity index (χ0n) is 16.2. The summed E-state index contributed by atoms with van der Waals surface area (Å²) in [6.07, 6.45) is 2.10. The van der Waals surface area contributed by atoms with Crippen LogP contribution >= 0.6 is 11.8 Å². The minimum atomic E-state index is 0.208. The Morgan fingerprint density at radius 2 is 1.74 bits per heavy atom. The molecule has 1 heterocycles. The molecule has 0 saturated heterocycles. The van der Waals surface area contributed by atoms with Gasteiger partial charge in [-0.25, -0.2) is 0 Å². The number of hydrogen-bond acceptors (Lipinski definition) is 4. The van der Waals surface area contributed by atoms with Crippen molar-refractivity contribution in [2.75, 3.05) is 12.3 Å². The van der Waals surface area contributed by atoms with Gasteiger partial charge in [0.2, 0.25) is 0 Å². The number of carbonyl (C=O) groups is 1. The quantitative estimate of drug-likeness (QED) is 0.589. The smallest absolute Gasteiger partial charge is 0.135 e. The van der Waals surface area contributed by atoms with Gasteiger partial charge in [0, 0.05) is 31.6 Å². The summed E-state index contributed by atoms with van der Waals surface area (Å²) >= 11 is 1.85. The third kappa shape index (κ3) is 5.70. The molecule has 1 aliphatic rings. The summed E-state index contributed by atoms with van der Waals surface area (Å²) in [5, 5.41) is 7.59. The first kappa shape index (κ1) is 19.7. The van der Waals surface area contributed by atoms with E-state index in [1.807, 2.05) is 36.0 Å². The summed E-state index contributed by atoms with van der Waals surface area (Å²) in [5.41, 5.74) is 3.53. The number of hydrogen-bond donors (Lipinski definition) is 0. The zero-order chi connectivity index (χ0) is 19.1. The molecule has 0 bridgehead atoms. The summed E-state index contributed by atoms with van der Waals surface area (Å²) in [6, 6.07) is 21.0. The topological polar surface area (TPSA) is 32.7 Å². The molecule has 4 heteroatoms. The normalized spacial score (nSPS) is 16.6. The van der Waals surface area contributed by atoms with Crippen LogP contribution in [0, 0.1) is 0 Å². The standard InChI is InChI=1S/C23H28N2OS/c1-18(2)27-16-14-21(26)13-15-25-23(20-11-7-4-8-12-20)17-22(24-25)19-9-5-3-6-10-19/h3-12,18,23H,13-17H2,1-2H3. The summed E-state index contributed by atoms with van der Waals surface area (Å²) in [5.74, 6) is 1.25. The van der Waals surface area contributed by atoms with Gasteiger partial charge in [-0.2, -0.15) is 16.9 Å². The van der Waals surface area contributed by atoms with Crippen LogP contribution in [0.4, 0.5) is 0 Å². The molecule has 3 nitrogen and oxygen atoms in total. The van der Waals surface area contributed by atoms with Crippen LogP contribution < -0.4 is 0 Å². The summed E-state index contributed by atoms with van der Waals surface area (Å²) in [7, 11) is 0. The van der Waals surface area contributed by atoms with Crippen molar-refractivity contribution in [1.29, 1.82) is 0 Å². The van der Waals surface area contributed by atoms with E-state index in [-0.39, 0.29) is 6.04 Å². The van der Waals surface area contributed by atoms with Crippen molar-refractivity contribution in [1.82, 2.24) is 5.01 Å². The lowest BCUT2D eigenvalue weighted by Crippen LogP contribution is -2.22. The lowest BCUT2D eigenvalue weighted by molar-refractivity contribution is -0.119. The van der Waals surface area contributed by atoms with Crippen LogP contribution in [0.2, 0.25) is 0 Å². The van der Waals surface area contributed by atoms with Gasteiger partial charge in [-0.3, -0.25) is 9.80 Å². The molecule has 3 rings (SSSR count). The van der Waals surface area contributed by atoms with Gasteiger partial charge in [-0.1, -0.05) is 74.5 Å². The molecular formula is C23H28N2OS. The van der Waals surface area contributed by atoms with Gasteiger partial charge in [-0.15, -0.1) is 0 Å². The Hall–Kier alpha value is -2.07. The Kier molecular flexibility index (Phi) is 7.11. The van der Waals surface area contributed by atoms with E-state index in [0.29, 0.717) is 30.4 Å². The third-order valence-corrected chi connectivity index (χ3v) is 5.85. The van der Waals surface area contributed by atoms with Gasteiger partial charge in [-0.05, 0) is 16.4 Å². The molecule has 1 atom stereocenters. The molecule has 0 saturated carbocycles. The maximum atomic E-state index is 12.3. The first-order chi connectivity index (χ1) is 13.1. The second-order valence-corrected chi connectivity index (χ2v) is 8.85. The Morgan fingerprint density at radius 1 is 1.07 bits per heavy atom. The van der Waals surface area contributed by atoms with Crippen LogP contribution in [-0.2, 0) is 4.79 Å². The summed E-state index contributed by atoms with van der Waals surface area (Å²) < 4.78 is 0. The zero-order valence-corrected chi connectivity index (χ0v) is 17.0. The van der Waals surface area contributed by atoms with Gasteiger partial charge in [0.05, 0.1) is 11.8 Å². The third-order valence-electron chi connectivity index (χ3n) is 4.74. The SMILES string of the molecule is CC(C)SCCC(=O)CCN1N=C(c2ccccc2)CC1c1ccccc1. The number of nitrogens with zero attached hydrogens (tertiary/aromatic N) is 2. The predicted octanol–water partition coefficient (Wildman–Crippen LogP) is 5.33. The van der Waals surface area contributed by atoms with Crippen molar-refractivity contribution < 1.29 is 4.79 Å². The minimum absolute atomic E-state index is 0.208. The molecule has 0 aromatic heterocycles. The van der Waals surface area contributed by atoms with E-state index >= 15 is 0 Å². The first-order valence-electron chi connectivity index (χ1n) is 9.71. The maximum Gasteiger partial charge on any atom is 0.135 e. The van der Waals surface area contributed by atoms with Crippen molar-refractivity contribution in [3.63, 3.8) is 0 Å². The van der Waals surface area contributed by atoms with Gasteiger partial charge in [0.25, 0.3) is 0 Å². The molecule has 0 spiro atoms. The fraction of sp³-hybridized carbons (Fsp3) is 0.391. The van der Waals surface area contributed by atoms with Crippen molar-refractivity contribution >= 4 is 23.3 Å². The Bertz CT molecular complexity index is 758. The number of rotatable bonds is 9. The molecule has 1 unspecified atom stereocenters. The van der Waals surface area contributed by atoms with E-state index < -0.39 is 0 Å². The number of Topliss-reactive ketones (excluding diaryl/α,β-unsaturated/α-hetero) is 1. The van der Waals surface area contributed by atoms with Crippen LogP contribution in [0.5, 0.6) is 0 Å². The van der Waals surface area contributed by atoms with E-state index in [0.717, 1.165) is 17.9 Å². The lowest BCUT2D eigenvalue weighted by atomic mass is 9.98. The molecule has 2 aromatic rings. The monoisotopic (exact) mass is 380 g/mol. The lowest BCUT2D eigenvalue weighted by Gasteiger charge is -2.23. The Balaban J connectivity index is 1.66. The van der Waals surface area contributed by atoms with Crippen molar-refractivity contribution in [3.05, 3.63) is 71.8 Å². The van der Waals surface area contributed by atoms with E-state index in [9.17, 15) is 4.79 Å². The van der Waals surface area contributed by atoms with E-state index in [1.54, 1.807) is 0 Å². The Labute approximate surface area is 166 Å². The molecule has 0 amide bonds. The highest BCUT2D eigenvalue weighted by Gasteiger charge is 2.28. The van der Waals surface area contributed by atoms with Gasteiger partial charge >= 0.3 is 0 Å². The van der Waals surface area contributed by atoms with Crippen LogP contribution in [0.3, 0.4) is 0 Å². The van der Waals surface area contributed by atoms with E-state index in [2.05, 4.69) is 55.3 Å². The van der Waals surface area contributed by atoms with Crippen LogP contribution in [0.25, 0.3) is 0 Å². The number of ketones is 1. The number of carbonyl (C=O) groups excluding carboxylic acids is 1. The van der Waals surface area contributed by atoms with Gasteiger partial charge < -0.3 is 0 Å². The van der Waals surface area contributed by atoms with E-state index in [1.165, 1.54) is 11.1 Å². The molecular weight excluding hydrogens is 352 g/mol. The summed E-state index contributed by atoms with van der Waals surface area (Å²) in [6.45, 7) is 5.02. The number of thioether (sulfide) groups is 1. The molecule has 0 radical (unpaired) electrons. The number of benzene rings is 2. The van der Waals surface area contributed by atoms with Crippen molar-refractivity contribution in [2.24, 2.45) is 5.10 Å². The fourth-order valence-corrected chi connectivity index (χ4v) is 4.12. The highest BCUT2D eigenvalue weighted by atomic mass is 32.2. The molecule has 1 aliphatic heterocycles. The van der Waals surface area contributed by atoms with Crippen molar-refractivity contribution in [2.45, 2.75) is 44.4 Å². The largest absolute Gasteiger partial charge is 0.300 e. The average Bonchev–Trinajstić information content (AvgIpc) is 3.12. The van der Waals surface area contributed by atoms with E-state index in [4.69, 9.17) is 5.10 Å². The van der Waals surface area contributed by atoms with Gasteiger partial charge in [0.1, 0.15) is 5.78 Å². The second kappa shape index (κ2) is 9.75. The van der Waals surface area contributed by atoms with Crippen LogP contribution in [0.1, 0.15) is 50.3 Å². The Morgan fingerprint density at radius 3 is 2.41 bits per heavy atom. The first-order valence-corrected chi connectivity index (χ1v) is 10.8. The predicted molar refractivity (Wildman–Crippen MR) is 115 cm³/mol.